The quantitative estimate of drug-likeness (QED) is 0.862. The minimum absolute atomic E-state index is 0.0534. The first kappa shape index (κ1) is 16.4. The molecule has 1 saturated heterocycles. The van der Waals surface area contributed by atoms with E-state index in [9.17, 15) is 9.90 Å². The molecular formula is C19H24N4O2. The average Bonchev–Trinajstić information content (AvgIpc) is 3.45. The van der Waals surface area contributed by atoms with Crippen LogP contribution >= 0.6 is 0 Å². The van der Waals surface area contributed by atoms with Gasteiger partial charge < -0.3 is 10.4 Å². The molecule has 6 nitrogen and oxygen atoms in total. The largest absolute Gasteiger partial charge is 0.383 e. The van der Waals surface area contributed by atoms with Crippen molar-refractivity contribution in [3.8, 4) is 0 Å². The summed E-state index contributed by atoms with van der Waals surface area (Å²) in [7, 11) is 0. The highest BCUT2D eigenvalue weighted by Crippen LogP contribution is 2.24. The van der Waals surface area contributed by atoms with Gasteiger partial charge in [0.2, 0.25) is 5.91 Å². The van der Waals surface area contributed by atoms with E-state index in [1.54, 1.807) is 0 Å². The number of aliphatic hydroxyl groups excluding tert-OH is 1. The molecule has 1 atom stereocenters. The van der Waals surface area contributed by atoms with Gasteiger partial charge >= 0.3 is 0 Å². The van der Waals surface area contributed by atoms with E-state index < -0.39 is 6.10 Å². The van der Waals surface area contributed by atoms with Crippen LogP contribution in [0.15, 0.2) is 30.5 Å². The molecule has 1 aliphatic carbocycles. The number of nitrogens with zero attached hydrogens (tertiary/aromatic N) is 3. The number of aliphatic hydroxyl groups is 1. The van der Waals surface area contributed by atoms with Gasteiger partial charge in [0.05, 0.1) is 22.9 Å². The monoisotopic (exact) mass is 340 g/mol. The Labute approximate surface area is 147 Å². The molecule has 1 unspecified atom stereocenters. The molecule has 1 aromatic carbocycles. The second-order valence-corrected chi connectivity index (χ2v) is 7.19. The molecule has 6 heteroatoms. The van der Waals surface area contributed by atoms with Crippen molar-refractivity contribution in [2.24, 2.45) is 5.92 Å². The van der Waals surface area contributed by atoms with Crippen molar-refractivity contribution < 1.29 is 9.90 Å². The van der Waals surface area contributed by atoms with Crippen molar-refractivity contribution >= 4 is 16.9 Å². The Morgan fingerprint density at radius 2 is 1.92 bits per heavy atom. The van der Waals surface area contributed by atoms with Crippen LogP contribution in [0.1, 0.15) is 31.4 Å². The van der Waals surface area contributed by atoms with E-state index in [2.05, 4.69) is 20.2 Å². The molecular weight excluding hydrogens is 316 g/mol. The van der Waals surface area contributed by atoms with Crippen LogP contribution in [-0.4, -0.2) is 51.1 Å². The van der Waals surface area contributed by atoms with Gasteiger partial charge in [-0.3, -0.25) is 14.7 Å². The van der Waals surface area contributed by atoms with Crippen LogP contribution in [0.25, 0.3) is 11.0 Å². The number of fused-ring (bicyclic) bond motifs is 1. The Kier molecular flexibility index (Phi) is 4.63. The molecule has 1 saturated carbocycles. The number of para-hydroxylation sites is 2. The fourth-order valence-corrected chi connectivity index (χ4v) is 3.46. The number of piperidine rings is 1. The maximum atomic E-state index is 12.0. The summed E-state index contributed by atoms with van der Waals surface area (Å²) in [6.45, 7) is 2.49. The topological polar surface area (TPSA) is 78.4 Å². The van der Waals surface area contributed by atoms with Gasteiger partial charge in [-0.15, -0.1) is 0 Å². The highest BCUT2D eigenvalue weighted by Gasteiger charge is 2.33. The summed E-state index contributed by atoms with van der Waals surface area (Å²) < 4.78 is 0. The van der Waals surface area contributed by atoms with E-state index in [1.807, 2.05) is 30.5 Å². The van der Waals surface area contributed by atoms with E-state index in [0.29, 0.717) is 6.04 Å². The van der Waals surface area contributed by atoms with Crippen LogP contribution in [0.3, 0.4) is 0 Å². The molecule has 2 aromatic rings. The molecule has 2 N–H and O–H groups in total. The van der Waals surface area contributed by atoms with E-state index in [1.165, 1.54) is 0 Å². The van der Waals surface area contributed by atoms with Crippen molar-refractivity contribution in [3.05, 3.63) is 36.2 Å². The lowest BCUT2D eigenvalue weighted by molar-refractivity contribution is -0.133. The summed E-state index contributed by atoms with van der Waals surface area (Å²) in [4.78, 5) is 23.5. The average molecular weight is 340 g/mol. The Balaban J connectivity index is 1.31. The van der Waals surface area contributed by atoms with Crippen molar-refractivity contribution in [3.63, 3.8) is 0 Å². The van der Waals surface area contributed by atoms with Gasteiger partial charge in [-0.1, -0.05) is 12.1 Å². The first-order chi connectivity index (χ1) is 12.2. The summed E-state index contributed by atoms with van der Waals surface area (Å²) in [5.74, 6) is -0.140. The van der Waals surface area contributed by atoms with Crippen molar-refractivity contribution in [1.29, 1.82) is 0 Å². The fraction of sp³-hybridized carbons (Fsp3) is 0.526. The molecule has 1 aliphatic heterocycles. The molecule has 2 heterocycles. The summed E-state index contributed by atoms with van der Waals surface area (Å²) in [5, 5.41) is 13.2. The predicted octanol–water partition coefficient (Wildman–Crippen LogP) is 1.48. The number of aromatic nitrogens is 2. The number of nitrogens with one attached hydrogen (secondary N) is 1. The zero-order valence-corrected chi connectivity index (χ0v) is 14.3. The summed E-state index contributed by atoms with van der Waals surface area (Å²) in [5.41, 5.74) is 2.79. The molecule has 132 valence electrons. The number of hydrogen-bond acceptors (Lipinski definition) is 5. The van der Waals surface area contributed by atoms with Crippen LogP contribution in [0.5, 0.6) is 0 Å². The minimum atomic E-state index is -0.872. The number of benzene rings is 1. The van der Waals surface area contributed by atoms with Crippen molar-refractivity contribution in [1.82, 2.24) is 20.2 Å². The van der Waals surface area contributed by atoms with Crippen LogP contribution in [0.2, 0.25) is 0 Å². The fourth-order valence-electron chi connectivity index (χ4n) is 3.46. The zero-order valence-electron chi connectivity index (χ0n) is 14.3. The van der Waals surface area contributed by atoms with Crippen LogP contribution in [0, 0.1) is 5.92 Å². The Morgan fingerprint density at radius 1 is 1.20 bits per heavy atom. The van der Waals surface area contributed by atoms with Gasteiger partial charge in [-0.25, -0.2) is 4.98 Å². The summed E-state index contributed by atoms with van der Waals surface area (Å²) >= 11 is 0. The number of carbonyl (C=O) groups excluding carboxylic acids is 1. The lowest BCUT2D eigenvalue weighted by atomic mass is 9.90. The van der Waals surface area contributed by atoms with Crippen LogP contribution in [-0.2, 0) is 11.3 Å². The Morgan fingerprint density at radius 3 is 2.64 bits per heavy atom. The summed E-state index contributed by atoms with van der Waals surface area (Å²) in [6.07, 6.45) is 4.73. The maximum absolute atomic E-state index is 12.0. The van der Waals surface area contributed by atoms with Crippen molar-refractivity contribution in [2.45, 2.75) is 44.4 Å². The molecule has 1 amide bonds. The van der Waals surface area contributed by atoms with Gasteiger partial charge in [-0.05, 0) is 56.8 Å². The smallest absolute Gasteiger partial charge is 0.249 e. The van der Waals surface area contributed by atoms with Gasteiger partial charge in [0.25, 0.3) is 0 Å². The lowest BCUT2D eigenvalue weighted by Gasteiger charge is -2.33. The lowest BCUT2D eigenvalue weighted by Crippen LogP contribution is -2.45. The van der Waals surface area contributed by atoms with Gasteiger partial charge in [0, 0.05) is 12.6 Å². The van der Waals surface area contributed by atoms with E-state index >= 15 is 0 Å². The first-order valence-electron chi connectivity index (χ1n) is 9.10. The third kappa shape index (κ3) is 3.96. The third-order valence-electron chi connectivity index (χ3n) is 5.16. The van der Waals surface area contributed by atoms with Gasteiger partial charge in [0.15, 0.2) is 0 Å². The molecule has 0 bridgehead atoms. The van der Waals surface area contributed by atoms with Gasteiger partial charge in [-0.2, -0.15) is 0 Å². The van der Waals surface area contributed by atoms with Crippen LogP contribution in [0.4, 0.5) is 0 Å². The highest BCUT2D eigenvalue weighted by atomic mass is 16.3. The Bertz CT molecular complexity index is 754. The SMILES string of the molecule is O=C(NC1CC1)C(O)C1CCN(Cc2cnc3ccccc3n2)CC1. The molecule has 2 fully saturated rings. The standard InChI is InChI=1S/C19H24N4O2/c24-18(19(25)22-14-5-6-14)13-7-9-23(10-8-13)12-15-11-20-16-3-1-2-4-17(16)21-15/h1-4,11,13-14,18,24H,5-10,12H2,(H,22,25). The molecule has 0 radical (unpaired) electrons. The molecule has 4 rings (SSSR count). The summed E-state index contributed by atoms with van der Waals surface area (Å²) in [6, 6.07) is 8.18. The van der Waals surface area contributed by atoms with Crippen molar-refractivity contribution in [2.75, 3.05) is 13.1 Å². The van der Waals surface area contributed by atoms with E-state index in [4.69, 9.17) is 0 Å². The Hall–Kier alpha value is -2.05. The normalized spacial score (nSPS) is 20.5. The molecule has 1 aromatic heterocycles. The minimum Gasteiger partial charge on any atom is -0.383 e. The number of carbonyl (C=O) groups is 1. The molecule has 25 heavy (non-hydrogen) atoms. The number of hydrogen-bond donors (Lipinski definition) is 2. The zero-order chi connectivity index (χ0) is 17.2. The highest BCUT2D eigenvalue weighted by molar-refractivity contribution is 5.81. The third-order valence-corrected chi connectivity index (χ3v) is 5.16. The second kappa shape index (κ2) is 7.06. The van der Waals surface area contributed by atoms with E-state index in [0.717, 1.165) is 62.0 Å². The molecule has 0 spiro atoms. The number of rotatable bonds is 5. The van der Waals surface area contributed by atoms with Crippen LogP contribution < -0.4 is 5.32 Å². The number of amides is 1. The first-order valence-corrected chi connectivity index (χ1v) is 9.10. The van der Waals surface area contributed by atoms with Gasteiger partial charge in [0.1, 0.15) is 6.10 Å². The molecule has 2 aliphatic rings. The maximum Gasteiger partial charge on any atom is 0.249 e. The second-order valence-electron chi connectivity index (χ2n) is 7.19. The predicted molar refractivity (Wildman–Crippen MR) is 94.7 cm³/mol. The number of likely N-dealkylation sites (tertiary alicyclic amines) is 1. The van der Waals surface area contributed by atoms with E-state index in [-0.39, 0.29) is 11.8 Å².